The highest BCUT2D eigenvalue weighted by Gasteiger charge is 2.02. The molecular formula is C9H11O2S-. The van der Waals surface area contributed by atoms with E-state index in [2.05, 4.69) is 0 Å². The molecule has 0 aromatic heterocycles. The fourth-order valence-corrected chi connectivity index (χ4v) is 1.34. The zero-order valence-corrected chi connectivity index (χ0v) is 7.71. The van der Waals surface area contributed by atoms with E-state index in [1.165, 1.54) is 0 Å². The van der Waals surface area contributed by atoms with E-state index < -0.39 is 11.1 Å². The lowest BCUT2D eigenvalue weighted by Crippen LogP contribution is -2.12. The third-order valence-electron chi connectivity index (χ3n) is 1.69. The lowest BCUT2D eigenvalue weighted by atomic mass is 10.1. The minimum atomic E-state index is -1.96. The van der Waals surface area contributed by atoms with Gasteiger partial charge in [0, 0.05) is 5.25 Å². The lowest BCUT2D eigenvalue weighted by Gasteiger charge is -2.13. The van der Waals surface area contributed by atoms with Crippen molar-refractivity contribution >= 4 is 11.1 Å². The molecule has 0 saturated heterocycles. The molecule has 66 valence electrons. The van der Waals surface area contributed by atoms with E-state index in [1.54, 1.807) is 6.92 Å². The van der Waals surface area contributed by atoms with E-state index in [4.69, 9.17) is 0 Å². The van der Waals surface area contributed by atoms with Gasteiger partial charge in [-0.1, -0.05) is 48.3 Å². The maximum Gasteiger partial charge on any atom is 0.0227 e. The summed E-state index contributed by atoms with van der Waals surface area (Å²) in [6.45, 7) is 1.70. The van der Waals surface area contributed by atoms with Crippen LogP contribution in [0.5, 0.6) is 0 Å². The van der Waals surface area contributed by atoms with E-state index in [-0.39, 0.29) is 5.25 Å². The zero-order valence-electron chi connectivity index (χ0n) is 6.90. The van der Waals surface area contributed by atoms with Gasteiger partial charge in [0.25, 0.3) is 0 Å². The lowest BCUT2D eigenvalue weighted by molar-refractivity contribution is 0.524. The molecule has 1 aromatic carbocycles. The summed E-state index contributed by atoms with van der Waals surface area (Å²) in [7, 11) is 0. The Hall–Kier alpha value is -0.670. The normalized spacial score (nSPS) is 15.5. The van der Waals surface area contributed by atoms with Crippen molar-refractivity contribution in [2.24, 2.45) is 0 Å². The number of hydrogen-bond donors (Lipinski definition) is 0. The van der Waals surface area contributed by atoms with Gasteiger partial charge in [-0.15, -0.1) is 0 Å². The van der Waals surface area contributed by atoms with Crippen molar-refractivity contribution in [3.05, 3.63) is 35.9 Å². The summed E-state index contributed by atoms with van der Waals surface area (Å²) in [6.07, 6.45) is 0.594. The van der Waals surface area contributed by atoms with Gasteiger partial charge in [-0.05, 0) is 12.0 Å². The van der Waals surface area contributed by atoms with Crippen LogP contribution in [0.1, 0.15) is 12.5 Å². The van der Waals surface area contributed by atoms with Gasteiger partial charge in [0.1, 0.15) is 0 Å². The molecule has 0 spiro atoms. The van der Waals surface area contributed by atoms with Crippen LogP contribution in [0, 0.1) is 0 Å². The van der Waals surface area contributed by atoms with Crippen LogP contribution >= 0.6 is 0 Å². The Morgan fingerprint density at radius 1 is 1.42 bits per heavy atom. The van der Waals surface area contributed by atoms with Gasteiger partial charge in [0.05, 0.1) is 0 Å². The summed E-state index contributed by atoms with van der Waals surface area (Å²) in [5, 5.41) is -0.299. The molecule has 0 bridgehead atoms. The average molecular weight is 183 g/mol. The van der Waals surface area contributed by atoms with Gasteiger partial charge in [-0.25, -0.2) is 0 Å². The molecule has 0 aliphatic rings. The van der Waals surface area contributed by atoms with Gasteiger partial charge in [0.2, 0.25) is 0 Å². The molecule has 0 heterocycles. The van der Waals surface area contributed by atoms with Crippen LogP contribution in [-0.4, -0.2) is 14.0 Å². The fraction of sp³-hybridized carbons (Fsp3) is 0.333. The molecule has 0 N–H and O–H groups in total. The quantitative estimate of drug-likeness (QED) is 0.666. The number of benzene rings is 1. The molecule has 2 nitrogen and oxygen atoms in total. The van der Waals surface area contributed by atoms with E-state index in [0.717, 1.165) is 5.56 Å². The fourth-order valence-electron chi connectivity index (χ4n) is 1.01. The van der Waals surface area contributed by atoms with E-state index in [0.29, 0.717) is 6.42 Å². The molecule has 0 saturated carbocycles. The zero-order chi connectivity index (χ0) is 8.97. The molecular weight excluding hydrogens is 172 g/mol. The van der Waals surface area contributed by atoms with Crippen LogP contribution in [0.15, 0.2) is 30.3 Å². The topological polar surface area (TPSA) is 40.1 Å². The van der Waals surface area contributed by atoms with Gasteiger partial charge in [0.15, 0.2) is 0 Å². The second kappa shape index (κ2) is 4.38. The monoisotopic (exact) mass is 183 g/mol. The van der Waals surface area contributed by atoms with E-state index in [1.807, 2.05) is 30.3 Å². The molecule has 3 heteroatoms. The molecule has 0 aliphatic heterocycles. The maximum atomic E-state index is 10.5. The highest BCUT2D eigenvalue weighted by Crippen LogP contribution is 2.05. The van der Waals surface area contributed by atoms with Crippen molar-refractivity contribution in [2.75, 3.05) is 0 Å². The molecule has 0 amide bonds. The Morgan fingerprint density at radius 2 is 2.00 bits per heavy atom. The van der Waals surface area contributed by atoms with Gasteiger partial charge >= 0.3 is 0 Å². The SMILES string of the molecule is CC(Cc1ccccc1)S(=O)[O-]. The number of hydrogen-bond acceptors (Lipinski definition) is 2. The Kier molecular flexibility index (Phi) is 3.44. The predicted molar refractivity (Wildman–Crippen MR) is 48.5 cm³/mol. The largest absolute Gasteiger partial charge is 0.772 e. The first-order valence-electron chi connectivity index (χ1n) is 3.82. The van der Waals surface area contributed by atoms with Gasteiger partial charge in [-0.3, -0.25) is 4.21 Å². The third kappa shape index (κ3) is 2.75. The van der Waals surface area contributed by atoms with Crippen molar-refractivity contribution in [3.63, 3.8) is 0 Å². The minimum absolute atomic E-state index is 0.299. The van der Waals surface area contributed by atoms with Crippen molar-refractivity contribution in [2.45, 2.75) is 18.6 Å². The first kappa shape index (κ1) is 9.42. The second-order valence-corrected chi connectivity index (χ2v) is 4.09. The van der Waals surface area contributed by atoms with Crippen LogP contribution in [0.3, 0.4) is 0 Å². The third-order valence-corrected chi connectivity index (χ3v) is 2.52. The molecule has 0 radical (unpaired) electrons. The van der Waals surface area contributed by atoms with Crippen LogP contribution in [0.25, 0.3) is 0 Å². The average Bonchev–Trinajstić information content (AvgIpc) is 2.06. The summed E-state index contributed by atoms with van der Waals surface area (Å²) in [6, 6.07) is 9.61. The van der Waals surface area contributed by atoms with Gasteiger partial charge < -0.3 is 4.55 Å². The predicted octanol–water partition coefficient (Wildman–Crippen LogP) is 1.50. The summed E-state index contributed by atoms with van der Waals surface area (Å²) in [5.74, 6) is 0. The second-order valence-electron chi connectivity index (χ2n) is 2.76. The molecule has 1 aromatic rings. The van der Waals surface area contributed by atoms with Crippen LogP contribution in [0.4, 0.5) is 0 Å². The Balaban J connectivity index is 2.58. The van der Waals surface area contributed by atoms with E-state index >= 15 is 0 Å². The smallest absolute Gasteiger partial charge is 0.0227 e. The van der Waals surface area contributed by atoms with Crippen molar-refractivity contribution < 1.29 is 8.76 Å². The van der Waals surface area contributed by atoms with Crippen molar-refractivity contribution in [3.8, 4) is 0 Å². The standard InChI is InChI=1S/C9H12O2S/c1-8(12(10)11)7-9-5-3-2-4-6-9/h2-6,8H,7H2,1H3,(H,10,11)/p-1. The van der Waals surface area contributed by atoms with E-state index in [9.17, 15) is 8.76 Å². The molecule has 2 atom stereocenters. The van der Waals surface area contributed by atoms with Crippen molar-refractivity contribution in [1.82, 2.24) is 0 Å². The molecule has 12 heavy (non-hydrogen) atoms. The summed E-state index contributed by atoms with van der Waals surface area (Å²) in [5.41, 5.74) is 1.06. The van der Waals surface area contributed by atoms with Crippen molar-refractivity contribution in [1.29, 1.82) is 0 Å². The van der Waals surface area contributed by atoms with Gasteiger partial charge in [-0.2, -0.15) is 0 Å². The Morgan fingerprint density at radius 3 is 2.50 bits per heavy atom. The summed E-state index contributed by atoms with van der Waals surface area (Å²) in [4.78, 5) is 0. The first-order valence-corrected chi connectivity index (χ1v) is 4.96. The molecule has 1 rings (SSSR count). The highest BCUT2D eigenvalue weighted by atomic mass is 32.2. The first-order chi connectivity index (χ1) is 5.70. The van der Waals surface area contributed by atoms with Crippen LogP contribution < -0.4 is 0 Å². The van der Waals surface area contributed by atoms with Crippen LogP contribution in [0.2, 0.25) is 0 Å². The Bertz CT molecular complexity index is 258. The maximum absolute atomic E-state index is 10.5. The molecule has 2 unspecified atom stereocenters. The highest BCUT2D eigenvalue weighted by molar-refractivity contribution is 7.79. The minimum Gasteiger partial charge on any atom is -0.772 e. The molecule has 0 fully saturated rings. The molecule has 0 aliphatic carbocycles. The summed E-state index contributed by atoms with van der Waals surface area (Å²) < 4.78 is 21.0. The van der Waals surface area contributed by atoms with Crippen LogP contribution in [-0.2, 0) is 17.5 Å². The number of rotatable bonds is 3. The summed E-state index contributed by atoms with van der Waals surface area (Å²) >= 11 is -1.96. The Labute approximate surface area is 74.9 Å².